The molecule has 1 fully saturated rings. The molecule has 3 heteroatoms. The number of esters is 1. The Morgan fingerprint density at radius 2 is 2.14 bits per heavy atom. The van der Waals surface area contributed by atoms with Gasteiger partial charge in [-0.05, 0) is 19.8 Å². The minimum atomic E-state index is -0.0671. The molecule has 0 bridgehead atoms. The van der Waals surface area contributed by atoms with Crippen LogP contribution < -0.4 is 0 Å². The van der Waals surface area contributed by atoms with Gasteiger partial charge in [0.25, 0.3) is 0 Å². The summed E-state index contributed by atoms with van der Waals surface area (Å²) in [6.45, 7) is 6.33. The molecule has 1 saturated heterocycles. The van der Waals surface area contributed by atoms with E-state index in [9.17, 15) is 4.79 Å². The van der Waals surface area contributed by atoms with Gasteiger partial charge in [-0.15, -0.1) is 0 Å². The van der Waals surface area contributed by atoms with Gasteiger partial charge in [0.2, 0.25) is 0 Å². The van der Waals surface area contributed by atoms with Gasteiger partial charge in [-0.25, -0.2) is 0 Å². The molecule has 0 aromatic heterocycles. The standard InChI is InChI=1S/C11H20O3/c1-3-14-10(12)6-4-5-7-11(2)8-13-9-11/h3-9H2,1-2H3. The van der Waals surface area contributed by atoms with Gasteiger partial charge in [-0.3, -0.25) is 4.79 Å². The van der Waals surface area contributed by atoms with Crippen molar-refractivity contribution in [3.63, 3.8) is 0 Å². The largest absolute Gasteiger partial charge is 0.466 e. The first-order valence-corrected chi connectivity index (χ1v) is 5.40. The van der Waals surface area contributed by atoms with Crippen LogP contribution in [-0.2, 0) is 14.3 Å². The maximum atomic E-state index is 11.0. The molecule has 0 aliphatic carbocycles. The Bertz CT molecular complexity index is 185. The second kappa shape index (κ2) is 5.35. The monoisotopic (exact) mass is 200 g/mol. The molecule has 14 heavy (non-hydrogen) atoms. The minimum absolute atomic E-state index is 0.0671. The molecule has 0 radical (unpaired) electrons. The summed E-state index contributed by atoms with van der Waals surface area (Å²) in [5, 5.41) is 0. The molecule has 0 amide bonds. The molecule has 1 heterocycles. The normalized spacial score (nSPS) is 18.7. The summed E-state index contributed by atoms with van der Waals surface area (Å²) < 4.78 is 10.0. The van der Waals surface area contributed by atoms with Crippen LogP contribution in [0, 0.1) is 5.41 Å². The lowest BCUT2D eigenvalue weighted by Crippen LogP contribution is -2.39. The van der Waals surface area contributed by atoms with Crippen molar-refractivity contribution in [2.24, 2.45) is 5.41 Å². The maximum Gasteiger partial charge on any atom is 0.305 e. The molecule has 1 rings (SSSR count). The maximum absolute atomic E-state index is 11.0. The number of carbonyl (C=O) groups is 1. The molecule has 3 nitrogen and oxygen atoms in total. The predicted octanol–water partition coefficient (Wildman–Crippen LogP) is 2.15. The SMILES string of the molecule is CCOC(=O)CCCCC1(C)COC1. The van der Waals surface area contributed by atoms with Crippen LogP contribution in [0.1, 0.15) is 39.5 Å². The highest BCUT2D eigenvalue weighted by Crippen LogP contribution is 2.32. The first kappa shape index (κ1) is 11.5. The lowest BCUT2D eigenvalue weighted by molar-refractivity contribution is -0.143. The fourth-order valence-corrected chi connectivity index (χ4v) is 1.65. The topological polar surface area (TPSA) is 35.5 Å². The van der Waals surface area contributed by atoms with Gasteiger partial charge < -0.3 is 9.47 Å². The summed E-state index contributed by atoms with van der Waals surface area (Å²) >= 11 is 0. The van der Waals surface area contributed by atoms with Crippen LogP contribution in [0.5, 0.6) is 0 Å². The highest BCUT2D eigenvalue weighted by atomic mass is 16.5. The van der Waals surface area contributed by atoms with E-state index in [0.29, 0.717) is 18.4 Å². The number of rotatable bonds is 6. The number of unbranched alkanes of at least 4 members (excludes halogenated alkanes) is 1. The van der Waals surface area contributed by atoms with Gasteiger partial charge in [0.1, 0.15) is 0 Å². The fourth-order valence-electron chi connectivity index (χ4n) is 1.65. The van der Waals surface area contributed by atoms with E-state index in [1.807, 2.05) is 6.92 Å². The van der Waals surface area contributed by atoms with Gasteiger partial charge in [0, 0.05) is 11.8 Å². The van der Waals surface area contributed by atoms with Crippen molar-refractivity contribution < 1.29 is 14.3 Å². The van der Waals surface area contributed by atoms with E-state index in [2.05, 4.69) is 6.92 Å². The Kier molecular flexibility index (Phi) is 4.39. The molecule has 1 aliphatic rings. The molecule has 0 aromatic rings. The van der Waals surface area contributed by atoms with Crippen molar-refractivity contribution in [2.75, 3.05) is 19.8 Å². The van der Waals surface area contributed by atoms with Crippen LogP contribution in [0.2, 0.25) is 0 Å². The van der Waals surface area contributed by atoms with Gasteiger partial charge in [0.05, 0.1) is 19.8 Å². The Labute approximate surface area is 85.8 Å². The molecular weight excluding hydrogens is 180 g/mol. The van der Waals surface area contributed by atoms with Crippen LogP contribution >= 0.6 is 0 Å². The average molecular weight is 200 g/mol. The van der Waals surface area contributed by atoms with E-state index in [1.54, 1.807) is 0 Å². The number of ether oxygens (including phenoxy) is 2. The third-order valence-electron chi connectivity index (χ3n) is 2.62. The summed E-state index contributed by atoms with van der Waals surface area (Å²) in [6, 6.07) is 0. The van der Waals surface area contributed by atoms with Crippen LogP contribution in [0.3, 0.4) is 0 Å². The van der Waals surface area contributed by atoms with Crippen molar-refractivity contribution >= 4 is 5.97 Å². The third-order valence-corrected chi connectivity index (χ3v) is 2.62. The first-order valence-electron chi connectivity index (χ1n) is 5.40. The Morgan fingerprint density at radius 3 is 2.64 bits per heavy atom. The second-order valence-corrected chi connectivity index (χ2v) is 4.32. The van der Waals surface area contributed by atoms with Crippen molar-refractivity contribution in [2.45, 2.75) is 39.5 Å². The highest BCUT2D eigenvalue weighted by Gasteiger charge is 2.32. The van der Waals surface area contributed by atoms with Crippen LogP contribution in [0.15, 0.2) is 0 Å². The summed E-state index contributed by atoms with van der Waals surface area (Å²) in [5.74, 6) is -0.0671. The van der Waals surface area contributed by atoms with Crippen molar-refractivity contribution in [3.8, 4) is 0 Å². The summed E-state index contributed by atoms with van der Waals surface area (Å²) in [7, 11) is 0. The summed E-state index contributed by atoms with van der Waals surface area (Å²) in [5.41, 5.74) is 0.384. The molecule has 0 spiro atoms. The Balaban J connectivity index is 1.96. The van der Waals surface area contributed by atoms with Crippen LogP contribution in [-0.4, -0.2) is 25.8 Å². The molecule has 0 aromatic carbocycles. The zero-order chi connectivity index (χ0) is 10.4. The van der Waals surface area contributed by atoms with E-state index in [0.717, 1.165) is 32.5 Å². The molecule has 0 N–H and O–H groups in total. The highest BCUT2D eigenvalue weighted by molar-refractivity contribution is 5.69. The quantitative estimate of drug-likeness (QED) is 0.487. The zero-order valence-corrected chi connectivity index (χ0v) is 9.17. The lowest BCUT2D eigenvalue weighted by atomic mass is 9.83. The smallest absolute Gasteiger partial charge is 0.305 e. The van der Waals surface area contributed by atoms with Gasteiger partial charge in [0.15, 0.2) is 0 Å². The average Bonchev–Trinajstić information content (AvgIpc) is 2.10. The van der Waals surface area contributed by atoms with E-state index >= 15 is 0 Å². The van der Waals surface area contributed by atoms with Crippen molar-refractivity contribution in [1.82, 2.24) is 0 Å². The number of carbonyl (C=O) groups excluding carboxylic acids is 1. The predicted molar refractivity (Wildman–Crippen MR) is 54.0 cm³/mol. The lowest BCUT2D eigenvalue weighted by Gasteiger charge is -2.38. The van der Waals surface area contributed by atoms with Crippen LogP contribution in [0.25, 0.3) is 0 Å². The van der Waals surface area contributed by atoms with E-state index in [4.69, 9.17) is 9.47 Å². The third kappa shape index (κ3) is 3.66. The second-order valence-electron chi connectivity index (χ2n) is 4.32. The summed E-state index contributed by atoms with van der Waals surface area (Å²) in [4.78, 5) is 11.0. The zero-order valence-electron chi connectivity index (χ0n) is 9.17. The molecular formula is C11H20O3. The fraction of sp³-hybridized carbons (Fsp3) is 0.909. The van der Waals surface area contributed by atoms with Gasteiger partial charge in [-0.2, -0.15) is 0 Å². The van der Waals surface area contributed by atoms with E-state index < -0.39 is 0 Å². The van der Waals surface area contributed by atoms with Crippen molar-refractivity contribution in [1.29, 1.82) is 0 Å². The molecule has 0 saturated carbocycles. The molecule has 82 valence electrons. The van der Waals surface area contributed by atoms with E-state index in [-0.39, 0.29) is 5.97 Å². The van der Waals surface area contributed by atoms with Gasteiger partial charge in [-0.1, -0.05) is 13.3 Å². The minimum Gasteiger partial charge on any atom is -0.466 e. The number of hydrogen-bond donors (Lipinski definition) is 0. The van der Waals surface area contributed by atoms with Crippen molar-refractivity contribution in [3.05, 3.63) is 0 Å². The molecule has 1 aliphatic heterocycles. The Hall–Kier alpha value is -0.570. The van der Waals surface area contributed by atoms with Crippen LogP contribution in [0.4, 0.5) is 0 Å². The molecule has 0 atom stereocenters. The Morgan fingerprint density at radius 1 is 1.43 bits per heavy atom. The number of hydrogen-bond acceptors (Lipinski definition) is 3. The molecule has 0 unspecified atom stereocenters. The van der Waals surface area contributed by atoms with Gasteiger partial charge >= 0.3 is 5.97 Å². The van der Waals surface area contributed by atoms with E-state index in [1.165, 1.54) is 0 Å². The first-order chi connectivity index (χ1) is 6.66. The summed E-state index contributed by atoms with van der Waals surface area (Å²) in [6.07, 6.45) is 3.75.